The molecule has 2 aromatic heterocycles. The maximum Gasteiger partial charge on any atom is 0.250 e. The third-order valence-electron chi connectivity index (χ3n) is 4.94. The van der Waals surface area contributed by atoms with Gasteiger partial charge in [0, 0.05) is 44.1 Å². The van der Waals surface area contributed by atoms with E-state index in [-0.39, 0.29) is 5.56 Å². The summed E-state index contributed by atoms with van der Waals surface area (Å²) >= 11 is 0. The number of hydrogen-bond acceptors (Lipinski definition) is 4. The summed E-state index contributed by atoms with van der Waals surface area (Å²) < 4.78 is 15.3. The van der Waals surface area contributed by atoms with Crippen LogP contribution in [0.3, 0.4) is 0 Å². The molecule has 2 aromatic carbocycles. The van der Waals surface area contributed by atoms with E-state index in [1.54, 1.807) is 24.8 Å². The first-order valence-corrected chi connectivity index (χ1v) is 9.47. The number of rotatable bonds is 6. The lowest BCUT2D eigenvalue weighted by Gasteiger charge is -2.14. The Kier molecular flexibility index (Phi) is 5.18. The highest BCUT2D eigenvalue weighted by molar-refractivity contribution is 5.91. The van der Waals surface area contributed by atoms with Gasteiger partial charge in [-0.25, -0.2) is 4.98 Å². The molecule has 0 fully saturated rings. The Labute approximate surface area is 169 Å². The van der Waals surface area contributed by atoms with Gasteiger partial charge in [0.2, 0.25) is 5.56 Å². The molecule has 6 heteroatoms. The highest BCUT2D eigenvalue weighted by Crippen LogP contribution is 2.39. The average molecular weight is 389 g/mol. The number of methoxy groups -OCH3 is 1. The molecule has 4 aromatic rings. The highest BCUT2D eigenvalue weighted by atomic mass is 16.5. The zero-order valence-corrected chi connectivity index (χ0v) is 16.8. The van der Waals surface area contributed by atoms with Crippen LogP contribution in [-0.4, -0.2) is 27.8 Å². The van der Waals surface area contributed by atoms with Gasteiger partial charge in [0.1, 0.15) is 17.1 Å². The van der Waals surface area contributed by atoms with Crippen LogP contribution in [0.2, 0.25) is 0 Å². The lowest BCUT2D eigenvalue weighted by molar-refractivity contribution is 0.187. The summed E-state index contributed by atoms with van der Waals surface area (Å²) in [4.78, 5) is 16.6. The van der Waals surface area contributed by atoms with Gasteiger partial charge in [-0.1, -0.05) is 18.2 Å². The van der Waals surface area contributed by atoms with E-state index in [1.807, 2.05) is 61.7 Å². The summed E-state index contributed by atoms with van der Waals surface area (Å²) in [5.74, 6) is 2.30. The lowest BCUT2D eigenvalue weighted by atomic mass is 10.1. The fraction of sp³-hybridized carbons (Fsp3) is 0.217. The van der Waals surface area contributed by atoms with Crippen molar-refractivity contribution in [1.82, 2.24) is 14.1 Å². The molecule has 0 unspecified atom stereocenters. The first-order chi connectivity index (χ1) is 14.1. The molecule has 29 heavy (non-hydrogen) atoms. The van der Waals surface area contributed by atoms with Gasteiger partial charge in [0.25, 0.3) is 0 Å². The Hall–Kier alpha value is -3.38. The fourth-order valence-electron chi connectivity index (χ4n) is 3.44. The van der Waals surface area contributed by atoms with E-state index >= 15 is 0 Å². The monoisotopic (exact) mass is 389 g/mol. The predicted molar refractivity (Wildman–Crippen MR) is 114 cm³/mol. The number of imidazole rings is 1. The van der Waals surface area contributed by atoms with Crippen LogP contribution in [0.1, 0.15) is 5.82 Å². The predicted octanol–water partition coefficient (Wildman–Crippen LogP) is 4.15. The number of pyridine rings is 1. The van der Waals surface area contributed by atoms with Gasteiger partial charge in [-0.05, 0) is 37.3 Å². The number of para-hydroxylation sites is 1. The van der Waals surface area contributed by atoms with E-state index in [1.165, 1.54) is 0 Å². The molecule has 0 bridgehead atoms. The number of aromatic nitrogens is 3. The number of benzene rings is 2. The molecular formula is C23H23N3O3. The van der Waals surface area contributed by atoms with Crippen LogP contribution in [0.25, 0.3) is 22.2 Å². The molecule has 0 aliphatic carbocycles. The van der Waals surface area contributed by atoms with E-state index in [0.717, 1.165) is 33.7 Å². The molecule has 2 heterocycles. The maximum atomic E-state index is 11.8. The molecule has 4 rings (SSSR count). The third kappa shape index (κ3) is 3.67. The van der Waals surface area contributed by atoms with Crippen molar-refractivity contribution in [3.05, 3.63) is 77.0 Å². The minimum Gasteiger partial charge on any atom is -0.454 e. The number of fused-ring (bicyclic) bond motifs is 1. The van der Waals surface area contributed by atoms with Crippen LogP contribution >= 0.6 is 0 Å². The van der Waals surface area contributed by atoms with Crippen LogP contribution in [0.5, 0.6) is 11.5 Å². The Balaban J connectivity index is 1.93. The highest BCUT2D eigenvalue weighted by Gasteiger charge is 2.18. The molecule has 0 aliphatic rings. The Morgan fingerprint density at radius 3 is 2.55 bits per heavy atom. The van der Waals surface area contributed by atoms with Crippen molar-refractivity contribution in [1.29, 1.82) is 0 Å². The maximum absolute atomic E-state index is 11.8. The largest absolute Gasteiger partial charge is 0.454 e. The van der Waals surface area contributed by atoms with Crippen molar-refractivity contribution in [3.63, 3.8) is 0 Å². The SMILES string of the molecule is COCCn1c(C)nc2c(Oc3ccccc3)c(-c3ccc(=O)n(C)c3)ccc21. The number of aryl methyl sites for hydroxylation is 2. The molecule has 0 atom stereocenters. The van der Waals surface area contributed by atoms with Crippen LogP contribution in [-0.2, 0) is 18.3 Å². The molecular weight excluding hydrogens is 366 g/mol. The second-order valence-corrected chi connectivity index (χ2v) is 6.90. The minimum absolute atomic E-state index is 0.0555. The Morgan fingerprint density at radius 1 is 1.03 bits per heavy atom. The van der Waals surface area contributed by atoms with E-state index < -0.39 is 0 Å². The van der Waals surface area contributed by atoms with Crippen molar-refractivity contribution < 1.29 is 9.47 Å². The summed E-state index contributed by atoms with van der Waals surface area (Å²) in [6, 6.07) is 17.1. The van der Waals surface area contributed by atoms with E-state index in [0.29, 0.717) is 18.9 Å². The average Bonchev–Trinajstić information content (AvgIpc) is 3.05. The zero-order valence-electron chi connectivity index (χ0n) is 16.8. The summed E-state index contributed by atoms with van der Waals surface area (Å²) in [6.45, 7) is 3.29. The zero-order chi connectivity index (χ0) is 20.4. The van der Waals surface area contributed by atoms with Gasteiger partial charge in [-0.2, -0.15) is 0 Å². The Morgan fingerprint density at radius 2 is 1.83 bits per heavy atom. The Bertz CT molecular complexity index is 1210. The van der Waals surface area contributed by atoms with E-state index in [9.17, 15) is 4.79 Å². The van der Waals surface area contributed by atoms with Crippen molar-refractivity contribution >= 4 is 11.0 Å². The van der Waals surface area contributed by atoms with Crippen molar-refractivity contribution in [2.24, 2.45) is 7.05 Å². The molecule has 0 saturated heterocycles. The quantitative estimate of drug-likeness (QED) is 0.497. The van der Waals surface area contributed by atoms with Crippen LogP contribution in [0.4, 0.5) is 0 Å². The van der Waals surface area contributed by atoms with Crippen LogP contribution < -0.4 is 10.3 Å². The lowest BCUT2D eigenvalue weighted by Crippen LogP contribution is -2.14. The third-order valence-corrected chi connectivity index (χ3v) is 4.94. The molecule has 0 saturated carbocycles. The van der Waals surface area contributed by atoms with Crippen molar-refractivity contribution in [3.8, 4) is 22.6 Å². The van der Waals surface area contributed by atoms with Gasteiger partial charge in [0.05, 0.1) is 12.1 Å². The second kappa shape index (κ2) is 7.93. The van der Waals surface area contributed by atoms with Gasteiger partial charge in [-0.3, -0.25) is 4.79 Å². The number of hydrogen-bond donors (Lipinski definition) is 0. The molecule has 6 nitrogen and oxygen atoms in total. The van der Waals surface area contributed by atoms with Crippen molar-refractivity contribution in [2.45, 2.75) is 13.5 Å². The number of ether oxygens (including phenoxy) is 2. The van der Waals surface area contributed by atoms with Gasteiger partial charge >= 0.3 is 0 Å². The first kappa shape index (κ1) is 19.0. The molecule has 0 radical (unpaired) electrons. The summed E-state index contributed by atoms with van der Waals surface area (Å²) in [7, 11) is 3.43. The summed E-state index contributed by atoms with van der Waals surface area (Å²) in [6.07, 6.45) is 1.82. The topological polar surface area (TPSA) is 58.3 Å². The first-order valence-electron chi connectivity index (χ1n) is 9.47. The summed E-state index contributed by atoms with van der Waals surface area (Å²) in [5, 5.41) is 0. The number of nitrogens with zero attached hydrogens (tertiary/aromatic N) is 3. The van der Waals surface area contributed by atoms with Crippen molar-refractivity contribution in [2.75, 3.05) is 13.7 Å². The van der Waals surface area contributed by atoms with Crippen LogP contribution in [0.15, 0.2) is 65.6 Å². The minimum atomic E-state index is -0.0555. The molecule has 0 spiro atoms. The fourth-order valence-corrected chi connectivity index (χ4v) is 3.44. The molecule has 0 aliphatic heterocycles. The normalized spacial score (nSPS) is 11.1. The van der Waals surface area contributed by atoms with Gasteiger partial charge in [-0.15, -0.1) is 0 Å². The summed E-state index contributed by atoms with van der Waals surface area (Å²) in [5.41, 5.74) is 3.49. The van der Waals surface area contributed by atoms with Gasteiger partial charge < -0.3 is 18.6 Å². The molecule has 0 N–H and O–H groups in total. The van der Waals surface area contributed by atoms with E-state index in [4.69, 9.17) is 14.5 Å². The smallest absolute Gasteiger partial charge is 0.250 e. The molecule has 148 valence electrons. The van der Waals surface area contributed by atoms with Crippen LogP contribution in [0, 0.1) is 6.92 Å². The van der Waals surface area contributed by atoms with E-state index in [2.05, 4.69) is 4.57 Å². The molecule has 0 amide bonds. The standard InChI is InChI=1S/C23H23N3O3/c1-16-24-22-20(26(16)13-14-28-3)11-10-19(17-9-12-21(27)25(2)15-17)23(22)29-18-7-5-4-6-8-18/h4-12,15H,13-14H2,1-3H3. The van der Waals surface area contributed by atoms with Gasteiger partial charge in [0.15, 0.2) is 5.75 Å². The second-order valence-electron chi connectivity index (χ2n) is 6.90.